The fourth-order valence-electron chi connectivity index (χ4n) is 9.78. The molecule has 5 heteroatoms. The number of aryl methyl sites for hydroxylation is 1. The van der Waals surface area contributed by atoms with Crippen LogP contribution in [0.2, 0.25) is 0 Å². The lowest BCUT2D eigenvalue weighted by Gasteiger charge is -2.27. The molecule has 0 N–H and O–H groups in total. The third-order valence-electron chi connectivity index (χ3n) is 12.7. The van der Waals surface area contributed by atoms with E-state index in [1.54, 1.807) is 0 Å². The normalized spacial score (nSPS) is 11.4. The van der Waals surface area contributed by atoms with Crippen molar-refractivity contribution in [1.82, 2.24) is 9.97 Å². The van der Waals surface area contributed by atoms with Crippen LogP contribution in [0.15, 0.2) is 218 Å². The second-order valence-electron chi connectivity index (χ2n) is 16.5. The van der Waals surface area contributed by atoms with Crippen LogP contribution in [-0.2, 0) is 0 Å². The molecule has 0 spiro atoms. The molecule has 65 heavy (non-hydrogen) atoms. The smallest absolute Gasteiger partial charge is 0.0995 e. The van der Waals surface area contributed by atoms with Gasteiger partial charge in [0.25, 0.3) is 0 Å². The molecular weight excluding hydrogens is 791 g/mol. The minimum Gasteiger partial charge on any atom is -0.311 e. The summed E-state index contributed by atoms with van der Waals surface area (Å²) < 4.78 is 0. The fraction of sp³-hybridized carbons (Fsp3) is 0.0167. The van der Waals surface area contributed by atoms with Gasteiger partial charge in [0.1, 0.15) is 0 Å². The van der Waals surface area contributed by atoms with Crippen molar-refractivity contribution < 1.29 is 0 Å². The Balaban J connectivity index is 1.13. The maximum atomic E-state index is 9.94. The van der Waals surface area contributed by atoms with Gasteiger partial charge in [0, 0.05) is 55.7 Å². The zero-order valence-corrected chi connectivity index (χ0v) is 35.5. The summed E-state index contributed by atoms with van der Waals surface area (Å²) in [6.45, 7) is 1.96. The number of hydrogen-bond acceptors (Lipinski definition) is 5. The topological polar surface area (TPSA) is 56.1 Å². The van der Waals surface area contributed by atoms with Crippen LogP contribution in [0.1, 0.15) is 11.1 Å². The van der Waals surface area contributed by atoms with Crippen molar-refractivity contribution in [2.75, 3.05) is 9.80 Å². The van der Waals surface area contributed by atoms with Gasteiger partial charge in [-0.25, -0.2) is 9.97 Å². The van der Waals surface area contributed by atoms with Gasteiger partial charge in [-0.3, -0.25) is 0 Å². The lowest BCUT2D eigenvalue weighted by atomic mass is 9.82. The highest BCUT2D eigenvalue weighted by atomic mass is 15.1. The molecule has 0 aliphatic carbocycles. The molecule has 0 fully saturated rings. The van der Waals surface area contributed by atoms with E-state index < -0.39 is 0 Å². The van der Waals surface area contributed by atoms with E-state index in [0.717, 1.165) is 105 Å². The average molecular weight is 830 g/mol. The average Bonchev–Trinajstić information content (AvgIpc) is 3.37. The first-order chi connectivity index (χ1) is 32.1. The molecule has 12 rings (SSSR count). The van der Waals surface area contributed by atoms with Crippen molar-refractivity contribution in [3.05, 3.63) is 230 Å². The monoisotopic (exact) mass is 829 g/mol. The molecule has 0 amide bonds. The Kier molecular flexibility index (Phi) is 9.03. The first-order valence-corrected chi connectivity index (χ1v) is 21.9. The number of nitriles is 1. The van der Waals surface area contributed by atoms with Crippen molar-refractivity contribution in [2.24, 2.45) is 0 Å². The number of nitrogens with zero attached hydrogens (tertiary/aromatic N) is 5. The molecular formula is C60H39N5. The van der Waals surface area contributed by atoms with Gasteiger partial charge < -0.3 is 9.80 Å². The predicted octanol–water partition coefficient (Wildman–Crippen LogP) is 16.1. The van der Waals surface area contributed by atoms with Gasteiger partial charge in [-0.15, -0.1) is 0 Å². The molecule has 0 radical (unpaired) electrons. The number of fused-ring (bicyclic) bond motifs is 4. The number of para-hydroxylation sites is 4. The van der Waals surface area contributed by atoms with E-state index in [1.807, 2.05) is 19.1 Å². The molecule has 0 bridgehead atoms. The van der Waals surface area contributed by atoms with Crippen molar-refractivity contribution in [3.63, 3.8) is 0 Å². The second-order valence-corrected chi connectivity index (χ2v) is 16.5. The Morgan fingerprint density at radius 1 is 0.369 bits per heavy atom. The van der Waals surface area contributed by atoms with E-state index >= 15 is 0 Å². The minimum absolute atomic E-state index is 0.610. The second kappa shape index (κ2) is 15.5. The number of hydrogen-bond donors (Lipinski definition) is 0. The number of benzene rings is 11. The highest BCUT2D eigenvalue weighted by Gasteiger charge is 2.24. The summed E-state index contributed by atoms with van der Waals surface area (Å²) in [6.07, 6.45) is 0. The maximum Gasteiger partial charge on any atom is 0.0995 e. The van der Waals surface area contributed by atoms with Crippen LogP contribution in [0.3, 0.4) is 0 Å². The van der Waals surface area contributed by atoms with E-state index in [2.05, 4.69) is 222 Å². The summed E-state index contributed by atoms with van der Waals surface area (Å²) in [7, 11) is 0. The first kappa shape index (κ1) is 37.9. The van der Waals surface area contributed by atoms with Gasteiger partial charge in [-0.1, -0.05) is 133 Å². The molecule has 11 aromatic carbocycles. The van der Waals surface area contributed by atoms with Gasteiger partial charge in [0.15, 0.2) is 0 Å². The van der Waals surface area contributed by atoms with Crippen LogP contribution < -0.4 is 9.80 Å². The van der Waals surface area contributed by atoms with E-state index in [-0.39, 0.29) is 0 Å². The Bertz CT molecular complexity index is 3680. The van der Waals surface area contributed by atoms with Gasteiger partial charge in [-0.2, -0.15) is 5.26 Å². The lowest BCUT2D eigenvalue weighted by Crippen LogP contribution is -2.09. The SMILES string of the molecule is Cc1cc2nc3c4cccc5c(-c6ccc(N(c7ccccc7)c7ccccc7)cc6)c(-c6ccc(N(c7ccccc7)c7ccccc7)cc6)c6cccc(c3nc2cc1C#N)c6c54. The Morgan fingerprint density at radius 2 is 0.708 bits per heavy atom. The summed E-state index contributed by atoms with van der Waals surface area (Å²) in [6, 6.07) is 79.6. The molecule has 1 aromatic heterocycles. The van der Waals surface area contributed by atoms with Crippen molar-refractivity contribution in [3.8, 4) is 28.3 Å². The first-order valence-electron chi connectivity index (χ1n) is 21.9. The predicted molar refractivity (Wildman–Crippen MR) is 270 cm³/mol. The van der Waals surface area contributed by atoms with Gasteiger partial charge in [-0.05, 0) is 130 Å². The summed E-state index contributed by atoms with van der Waals surface area (Å²) >= 11 is 0. The minimum atomic E-state index is 0.610. The molecule has 304 valence electrons. The molecule has 1 heterocycles. The molecule has 0 atom stereocenters. The van der Waals surface area contributed by atoms with Crippen molar-refractivity contribution in [2.45, 2.75) is 6.92 Å². The van der Waals surface area contributed by atoms with Crippen LogP contribution in [-0.4, -0.2) is 9.97 Å². The fourth-order valence-corrected chi connectivity index (χ4v) is 9.78. The third kappa shape index (κ3) is 6.31. The van der Waals surface area contributed by atoms with Crippen LogP contribution in [0.4, 0.5) is 34.1 Å². The number of anilines is 6. The van der Waals surface area contributed by atoms with E-state index in [0.29, 0.717) is 11.1 Å². The highest BCUT2D eigenvalue weighted by molar-refractivity contribution is 6.37. The number of aromatic nitrogens is 2. The number of rotatable bonds is 8. The van der Waals surface area contributed by atoms with Gasteiger partial charge in [0.2, 0.25) is 0 Å². The zero-order chi connectivity index (χ0) is 43.4. The molecule has 0 saturated heterocycles. The van der Waals surface area contributed by atoms with Crippen molar-refractivity contribution >= 4 is 88.5 Å². The van der Waals surface area contributed by atoms with Crippen molar-refractivity contribution in [1.29, 1.82) is 5.26 Å². The largest absolute Gasteiger partial charge is 0.311 e. The highest BCUT2D eigenvalue weighted by Crippen LogP contribution is 2.50. The Hall–Kier alpha value is -8.85. The van der Waals surface area contributed by atoms with E-state index in [9.17, 15) is 5.26 Å². The lowest BCUT2D eigenvalue weighted by molar-refractivity contribution is 1.28. The van der Waals surface area contributed by atoms with Crippen LogP contribution in [0.5, 0.6) is 0 Å². The quantitative estimate of drug-likeness (QED) is 0.113. The van der Waals surface area contributed by atoms with Gasteiger partial charge in [0.05, 0.1) is 33.7 Å². The molecule has 0 aliphatic rings. The van der Waals surface area contributed by atoms with Crippen LogP contribution in [0, 0.1) is 18.3 Å². The van der Waals surface area contributed by atoms with Gasteiger partial charge >= 0.3 is 0 Å². The summed E-state index contributed by atoms with van der Waals surface area (Å²) in [5, 5.41) is 16.6. The van der Waals surface area contributed by atoms with E-state index in [1.165, 1.54) is 5.39 Å². The van der Waals surface area contributed by atoms with Crippen LogP contribution >= 0.6 is 0 Å². The zero-order valence-electron chi connectivity index (χ0n) is 35.5. The standard InChI is InChI=1S/C60H39N5/c1-39-36-53-54(37-42(39)38-61)63-60-52-27-15-25-50-56(41-30-34-48(35-31-41)65(45-20-10-4-11-21-45)46-22-12-5-13-23-46)55(49-24-14-26-51(59(60)62-53)57(49)58(50)52)40-28-32-47(33-29-40)64(43-16-6-2-7-17-43)44-18-8-3-9-19-44/h2-37H,1H3. The Labute approximate surface area is 376 Å². The summed E-state index contributed by atoms with van der Waals surface area (Å²) in [5.74, 6) is 0. The van der Waals surface area contributed by atoms with Crippen LogP contribution in [0.25, 0.3) is 76.6 Å². The van der Waals surface area contributed by atoms with E-state index in [4.69, 9.17) is 9.97 Å². The summed E-state index contributed by atoms with van der Waals surface area (Å²) in [5.41, 5.74) is 15.7. The molecule has 0 unspecified atom stereocenters. The molecule has 0 aliphatic heterocycles. The third-order valence-corrected chi connectivity index (χ3v) is 12.7. The molecule has 5 nitrogen and oxygen atoms in total. The summed E-state index contributed by atoms with van der Waals surface area (Å²) in [4.78, 5) is 15.2. The Morgan fingerprint density at radius 3 is 1.08 bits per heavy atom. The molecule has 12 aromatic rings. The molecule has 0 saturated carbocycles. The maximum absolute atomic E-state index is 9.94.